The molecule has 1 aromatic heterocycles. The molecule has 0 aliphatic carbocycles. The van der Waals surface area contributed by atoms with Crippen LogP contribution in [0.3, 0.4) is 0 Å². The summed E-state index contributed by atoms with van der Waals surface area (Å²) in [5.41, 5.74) is 0. The maximum Gasteiger partial charge on any atom is 0.154 e. The summed E-state index contributed by atoms with van der Waals surface area (Å²) in [5.74, 6) is 0.735. The molecule has 3 nitrogen and oxygen atoms in total. The van der Waals surface area contributed by atoms with Gasteiger partial charge in [-0.1, -0.05) is 13.3 Å². The van der Waals surface area contributed by atoms with Crippen LogP contribution in [-0.4, -0.2) is 16.0 Å². The fraction of sp³-hybridized carbons (Fsp3) is 0.556. The molecule has 1 heterocycles. The molecular formula is C9H14N3. The van der Waals surface area contributed by atoms with E-state index < -0.39 is 0 Å². The van der Waals surface area contributed by atoms with Crippen LogP contribution in [0.4, 0.5) is 5.82 Å². The van der Waals surface area contributed by atoms with Gasteiger partial charge in [0, 0.05) is 18.4 Å². The van der Waals surface area contributed by atoms with Gasteiger partial charge >= 0.3 is 0 Å². The molecule has 0 spiro atoms. The minimum absolute atomic E-state index is 0.447. The zero-order chi connectivity index (χ0) is 8.81. The first-order valence-corrected chi connectivity index (χ1v) is 4.28. The molecule has 0 aliphatic rings. The van der Waals surface area contributed by atoms with Crippen molar-refractivity contribution in [3.63, 3.8) is 0 Å². The highest BCUT2D eigenvalue weighted by molar-refractivity contribution is 5.29. The van der Waals surface area contributed by atoms with Crippen LogP contribution < -0.4 is 5.32 Å². The van der Waals surface area contributed by atoms with E-state index in [1.54, 1.807) is 12.4 Å². The van der Waals surface area contributed by atoms with Crippen molar-refractivity contribution < 1.29 is 0 Å². The highest BCUT2D eigenvalue weighted by Crippen LogP contribution is 2.03. The van der Waals surface area contributed by atoms with Crippen molar-refractivity contribution in [2.75, 3.05) is 5.32 Å². The molecular weight excluding hydrogens is 150 g/mol. The lowest BCUT2D eigenvalue weighted by Crippen LogP contribution is -2.15. The Morgan fingerprint density at radius 1 is 1.58 bits per heavy atom. The Bertz CT molecular complexity index is 210. The molecule has 1 radical (unpaired) electrons. The fourth-order valence-corrected chi connectivity index (χ4v) is 1.08. The Morgan fingerprint density at radius 2 is 2.42 bits per heavy atom. The molecule has 1 aromatic rings. The van der Waals surface area contributed by atoms with E-state index in [1.165, 1.54) is 6.42 Å². The molecule has 3 heteroatoms. The van der Waals surface area contributed by atoms with Gasteiger partial charge in [0.2, 0.25) is 0 Å². The molecule has 0 amide bonds. The van der Waals surface area contributed by atoms with Gasteiger partial charge < -0.3 is 5.32 Å². The number of anilines is 1. The second-order valence-electron chi connectivity index (χ2n) is 2.85. The van der Waals surface area contributed by atoms with Crippen molar-refractivity contribution >= 4 is 5.82 Å². The molecule has 1 N–H and O–H groups in total. The van der Waals surface area contributed by atoms with Gasteiger partial charge in [0.15, 0.2) is 5.82 Å². The van der Waals surface area contributed by atoms with E-state index >= 15 is 0 Å². The average Bonchev–Trinajstić information content (AvgIpc) is 2.06. The smallest absolute Gasteiger partial charge is 0.154 e. The lowest BCUT2D eigenvalue weighted by molar-refractivity contribution is 0.686. The van der Waals surface area contributed by atoms with Gasteiger partial charge in [0.25, 0.3) is 0 Å². The molecule has 65 valence electrons. The summed E-state index contributed by atoms with van der Waals surface area (Å²) < 4.78 is 0. The van der Waals surface area contributed by atoms with Crippen molar-refractivity contribution in [2.45, 2.75) is 32.7 Å². The highest BCUT2D eigenvalue weighted by Gasteiger charge is 2.00. The Morgan fingerprint density at radius 3 is 3.00 bits per heavy atom. The fourth-order valence-electron chi connectivity index (χ4n) is 1.08. The van der Waals surface area contributed by atoms with E-state index in [-0.39, 0.29) is 0 Å². The first-order chi connectivity index (χ1) is 5.83. The van der Waals surface area contributed by atoms with Crippen LogP contribution in [0, 0.1) is 6.20 Å². The van der Waals surface area contributed by atoms with E-state index in [0.29, 0.717) is 6.04 Å². The van der Waals surface area contributed by atoms with E-state index in [2.05, 4.69) is 35.3 Å². The van der Waals surface area contributed by atoms with E-state index in [9.17, 15) is 0 Å². The minimum atomic E-state index is 0.447. The van der Waals surface area contributed by atoms with Crippen LogP contribution in [-0.2, 0) is 0 Å². The zero-order valence-corrected chi connectivity index (χ0v) is 7.54. The van der Waals surface area contributed by atoms with Crippen molar-refractivity contribution in [1.82, 2.24) is 9.97 Å². The molecule has 0 aromatic carbocycles. The lowest BCUT2D eigenvalue weighted by atomic mass is 10.2. The van der Waals surface area contributed by atoms with Gasteiger partial charge in [0.05, 0.1) is 0 Å². The molecule has 1 unspecified atom stereocenters. The number of hydrogen-bond donors (Lipinski definition) is 1. The largest absolute Gasteiger partial charge is 0.366 e. The summed E-state index contributed by atoms with van der Waals surface area (Å²) in [5, 5.41) is 3.21. The van der Waals surface area contributed by atoms with Crippen molar-refractivity contribution in [3.8, 4) is 0 Å². The second kappa shape index (κ2) is 4.70. The van der Waals surface area contributed by atoms with Crippen LogP contribution in [0.1, 0.15) is 26.7 Å². The molecule has 0 saturated carbocycles. The molecule has 0 saturated heterocycles. The van der Waals surface area contributed by atoms with Gasteiger partial charge in [-0.2, -0.15) is 0 Å². The molecule has 12 heavy (non-hydrogen) atoms. The van der Waals surface area contributed by atoms with Gasteiger partial charge in [0.1, 0.15) is 6.20 Å². The van der Waals surface area contributed by atoms with Gasteiger partial charge in [-0.05, 0) is 13.3 Å². The van der Waals surface area contributed by atoms with Gasteiger partial charge in [-0.15, -0.1) is 0 Å². The number of rotatable bonds is 4. The lowest BCUT2D eigenvalue weighted by Gasteiger charge is -2.11. The maximum atomic E-state index is 4.07. The summed E-state index contributed by atoms with van der Waals surface area (Å²) in [4.78, 5) is 7.92. The van der Waals surface area contributed by atoms with Crippen molar-refractivity contribution in [1.29, 1.82) is 0 Å². The maximum absolute atomic E-state index is 4.07. The summed E-state index contributed by atoms with van der Waals surface area (Å²) in [6.07, 6.45) is 8.39. The third-order valence-electron chi connectivity index (χ3n) is 1.62. The van der Waals surface area contributed by atoms with Crippen LogP contribution in [0.5, 0.6) is 0 Å². The minimum Gasteiger partial charge on any atom is -0.366 e. The quantitative estimate of drug-likeness (QED) is 0.738. The highest BCUT2D eigenvalue weighted by atomic mass is 15.0. The molecule has 1 rings (SSSR count). The average molecular weight is 164 g/mol. The summed E-state index contributed by atoms with van der Waals surface area (Å²) >= 11 is 0. The Hall–Kier alpha value is -1.12. The topological polar surface area (TPSA) is 37.8 Å². The Labute approximate surface area is 73.2 Å². The Kier molecular flexibility index (Phi) is 3.51. The van der Waals surface area contributed by atoms with E-state index in [0.717, 1.165) is 12.2 Å². The van der Waals surface area contributed by atoms with Crippen molar-refractivity contribution in [2.24, 2.45) is 0 Å². The summed E-state index contributed by atoms with van der Waals surface area (Å²) in [6, 6.07) is 0.447. The van der Waals surface area contributed by atoms with Gasteiger partial charge in [-0.25, -0.2) is 9.97 Å². The van der Waals surface area contributed by atoms with Crippen LogP contribution >= 0.6 is 0 Å². The SMILES string of the molecule is CCCC(C)Nc1[c]nccn1. The monoisotopic (exact) mass is 164 g/mol. The van der Waals surface area contributed by atoms with E-state index in [1.807, 2.05) is 0 Å². The molecule has 0 fully saturated rings. The van der Waals surface area contributed by atoms with Crippen LogP contribution in [0.25, 0.3) is 0 Å². The van der Waals surface area contributed by atoms with Gasteiger partial charge in [-0.3, -0.25) is 0 Å². The first kappa shape index (κ1) is 8.97. The first-order valence-electron chi connectivity index (χ1n) is 4.28. The standard InChI is InChI=1S/C9H14N3/c1-3-4-8(2)12-9-7-10-5-6-11-9/h5-6,8H,3-4H2,1-2H3,(H,11,12). The summed E-state index contributed by atoms with van der Waals surface area (Å²) in [6.45, 7) is 4.30. The zero-order valence-electron chi connectivity index (χ0n) is 7.54. The summed E-state index contributed by atoms with van der Waals surface area (Å²) in [7, 11) is 0. The number of hydrogen-bond acceptors (Lipinski definition) is 3. The molecule has 1 atom stereocenters. The number of nitrogens with one attached hydrogen (secondary N) is 1. The van der Waals surface area contributed by atoms with E-state index in [4.69, 9.17) is 0 Å². The third kappa shape index (κ3) is 2.86. The molecule has 0 aliphatic heterocycles. The number of nitrogens with zero attached hydrogens (tertiary/aromatic N) is 2. The van der Waals surface area contributed by atoms with Crippen molar-refractivity contribution in [3.05, 3.63) is 18.6 Å². The normalized spacial score (nSPS) is 12.5. The van der Waals surface area contributed by atoms with Crippen LogP contribution in [0.2, 0.25) is 0 Å². The predicted octanol–water partition coefficient (Wildman–Crippen LogP) is 1.88. The second-order valence-corrected chi connectivity index (χ2v) is 2.85. The third-order valence-corrected chi connectivity index (χ3v) is 1.62. The number of aromatic nitrogens is 2. The predicted molar refractivity (Wildman–Crippen MR) is 48.9 cm³/mol. The Balaban J connectivity index is 2.41. The molecule has 0 bridgehead atoms. The van der Waals surface area contributed by atoms with Crippen LogP contribution in [0.15, 0.2) is 12.4 Å².